The molecule has 17 heavy (non-hydrogen) atoms. The molecule has 6 heteroatoms. The van der Waals surface area contributed by atoms with Gasteiger partial charge in [0.15, 0.2) is 0 Å². The number of hydrogen-bond donors (Lipinski definition) is 2. The Morgan fingerprint density at radius 1 is 1.35 bits per heavy atom. The van der Waals surface area contributed by atoms with Crippen molar-refractivity contribution in [1.82, 2.24) is 10.0 Å². The molecular weight excluding hydrogens is 256 g/mol. The van der Waals surface area contributed by atoms with Gasteiger partial charge in [0.1, 0.15) is 4.21 Å². The lowest BCUT2D eigenvalue weighted by Crippen LogP contribution is -2.31. The van der Waals surface area contributed by atoms with Crippen LogP contribution in [0.2, 0.25) is 0 Å². The molecule has 0 saturated heterocycles. The van der Waals surface area contributed by atoms with Crippen LogP contribution in [-0.2, 0) is 16.4 Å². The first kappa shape index (κ1) is 14.6. The summed E-state index contributed by atoms with van der Waals surface area (Å²) >= 11 is 1.34. The van der Waals surface area contributed by atoms with Crippen molar-refractivity contribution in [1.29, 1.82) is 0 Å². The van der Waals surface area contributed by atoms with Crippen LogP contribution in [0.5, 0.6) is 0 Å². The molecule has 1 aromatic heterocycles. The van der Waals surface area contributed by atoms with E-state index in [1.807, 2.05) is 27.0 Å². The Bertz CT molecular complexity index is 440. The number of sulfonamides is 1. The maximum absolute atomic E-state index is 11.9. The van der Waals surface area contributed by atoms with E-state index in [4.69, 9.17) is 0 Å². The highest BCUT2D eigenvalue weighted by Gasteiger charge is 2.17. The molecule has 0 aliphatic heterocycles. The van der Waals surface area contributed by atoms with Gasteiger partial charge in [0.25, 0.3) is 0 Å². The van der Waals surface area contributed by atoms with Gasteiger partial charge in [-0.2, -0.15) is 0 Å². The Kier molecular flexibility index (Phi) is 5.58. The van der Waals surface area contributed by atoms with Crippen LogP contribution in [0.25, 0.3) is 0 Å². The summed E-state index contributed by atoms with van der Waals surface area (Å²) in [7, 11) is -1.46. The molecule has 1 rings (SSSR count). The normalized spacial score (nSPS) is 13.8. The van der Waals surface area contributed by atoms with E-state index in [-0.39, 0.29) is 5.92 Å². The molecule has 0 aromatic carbocycles. The summed E-state index contributed by atoms with van der Waals surface area (Å²) in [5, 5.41) is 3.02. The minimum atomic E-state index is -3.32. The molecule has 0 fully saturated rings. The first-order valence-corrected chi connectivity index (χ1v) is 8.02. The van der Waals surface area contributed by atoms with Crippen LogP contribution in [0.15, 0.2) is 16.3 Å². The van der Waals surface area contributed by atoms with Gasteiger partial charge in [0.2, 0.25) is 10.0 Å². The quantitative estimate of drug-likeness (QED) is 0.792. The van der Waals surface area contributed by atoms with Gasteiger partial charge >= 0.3 is 0 Å². The predicted octanol–water partition coefficient (Wildman–Crippen LogP) is 1.44. The van der Waals surface area contributed by atoms with Crippen molar-refractivity contribution in [2.45, 2.75) is 24.5 Å². The van der Waals surface area contributed by atoms with E-state index < -0.39 is 10.0 Å². The highest BCUT2D eigenvalue weighted by Crippen LogP contribution is 2.21. The van der Waals surface area contributed by atoms with Gasteiger partial charge in [-0.15, -0.1) is 11.3 Å². The summed E-state index contributed by atoms with van der Waals surface area (Å²) in [6.07, 6.45) is 0.871. The molecule has 98 valence electrons. The highest BCUT2D eigenvalue weighted by atomic mass is 32.2. The zero-order valence-corrected chi connectivity index (χ0v) is 12.1. The SMILES string of the molecule is CCc1ccc(S(=O)(=O)NCC(C)CNC)s1. The van der Waals surface area contributed by atoms with E-state index in [2.05, 4.69) is 10.0 Å². The third kappa shape index (κ3) is 4.39. The molecule has 0 spiro atoms. The van der Waals surface area contributed by atoms with Crippen LogP contribution in [0, 0.1) is 5.92 Å². The molecule has 0 radical (unpaired) electrons. The Morgan fingerprint density at radius 3 is 2.59 bits per heavy atom. The zero-order valence-electron chi connectivity index (χ0n) is 10.5. The average Bonchev–Trinajstić information content (AvgIpc) is 2.76. The first-order valence-electron chi connectivity index (χ1n) is 5.72. The maximum atomic E-state index is 11.9. The van der Waals surface area contributed by atoms with E-state index >= 15 is 0 Å². The van der Waals surface area contributed by atoms with Crippen LogP contribution in [0.3, 0.4) is 0 Å². The van der Waals surface area contributed by atoms with Crippen LogP contribution in [0.4, 0.5) is 0 Å². The van der Waals surface area contributed by atoms with E-state index in [9.17, 15) is 8.42 Å². The number of thiophene rings is 1. The van der Waals surface area contributed by atoms with Crippen LogP contribution in [-0.4, -0.2) is 28.6 Å². The molecule has 4 nitrogen and oxygen atoms in total. The largest absolute Gasteiger partial charge is 0.319 e. The molecule has 1 heterocycles. The number of hydrogen-bond acceptors (Lipinski definition) is 4. The lowest BCUT2D eigenvalue weighted by atomic mass is 10.2. The van der Waals surface area contributed by atoms with Gasteiger partial charge in [-0.1, -0.05) is 13.8 Å². The number of rotatable bonds is 7. The molecule has 0 amide bonds. The van der Waals surface area contributed by atoms with Crippen molar-refractivity contribution in [2.24, 2.45) is 5.92 Å². The molecule has 2 N–H and O–H groups in total. The molecule has 0 saturated carbocycles. The standard InChI is InChI=1S/C11H20N2O2S2/c1-4-10-5-6-11(16-10)17(14,15)13-8-9(2)7-12-3/h5-6,9,12-13H,4,7-8H2,1-3H3. The summed E-state index contributed by atoms with van der Waals surface area (Å²) in [5.74, 6) is 0.278. The number of nitrogens with one attached hydrogen (secondary N) is 2. The van der Waals surface area contributed by atoms with Crippen molar-refractivity contribution in [2.75, 3.05) is 20.1 Å². The first-order chi connectivity index (χ1) is 7.99. The minimum Gasteiger partial charge on any atom is -0.319 e. The van der Waals surface area contributed by atoms with Gasteiger partial charge in [-0.3, -0.25) is 0 Å². The molecule has 0 aliphatic carbocycles. The van der Waals surface area contributed by atoms with Crippen molar-refractivity contribution >= 4 is 21.4 Å². The maximum Gasteiger partial charge on any atom is 0.250 e. The average molecular weight is 276 g/mol. The fraction of sp³-hybridized carbons (Fsp3) is 0.636. The van der Waals surface area contributed by atoms with Crippen molar-refractivity contribution in [3.05, 3.63) is 17.0 Å². The van der Waals surface area contributed by atoms with E-state index in [0.29, 0.717) is 10.8 Å². The monoisotopic (exact) mass is 276 g/mol. The summed E-state index contributed by atoms with van der Waals surface area (Å²) in [6, 6.07) is 3.55. The second-order valence-corrected chi connectivity index (χ2v) is 7.25. The summed E-state index contributed by atoms with van der Waals surface area (Å²) in [4.78, 5) is 1.09. The van der Waals surface area contributed by atoms with Crippen molar-refractivity contribution in [3.8, 4) is 0 Å². The van der Waals surface area contributed by atoms with Crippen LogP contribution >= 0.6 is 11.3 Å². The van der Waals surface area contributed by atoms with E-state index in [0.717, 1.165) is 17.8 Å². The molecule has 1 atom stereocenters. The van der Waals surface area contributed by atoms with Gasteiger partial charge in [0.05, 0.1) is 0 Å². The third-order valence-corrected chi connectivity index (χ3v) is 5.57. The van der Waals surface area contributed by atoms with Crippen molar-refractivity contribution < 1.29 is 8.42 Å². The number of aryl methyl sites for hydroxylation is 1. The third-order valence-electron chi connectivity index (χ3n) is 2.42. The zero-order chi connectivity index (χ0) is 12.9. The molecule has 1 aromatic rings. The van der Waals surface area contributed by atoms with E-state index in [1.54, 1.807) is 6.07 Å². The molecule has 1 unspecified atom stereocenters. The topological polar surface area (TPSA) is 58.2 Å². The van der Waals surface area contributed by atoms with Gasteiger partial charge in [-0.05, 0) is 38.1 Å². The van der Waals surface area contributed by atoms with Gasteiger partial charge < -0.3 is 5.32 Å². The van der Waals surface area contributed by atoms with Crippen LogP contribution in [0.1, 0.15) is 18.7 Å². The van der Waals surface area contributed by atoms with Gasteiger partial charge in [-0.25, -0.2) is 13.1 Å². The second-order valence-electron chi connectivity index (χ2n) is 4.09. The Balaban J connectivity index is 2.62. The molecular formula is C11H20N2O2S2. The molecule has 0 aliphatic rings. The minimum absolute atomic E-state index is 0.278. The molecule has 0 bridgehead atoms. The van der Waals surface area contributed by atoms with Gasteiger partial charge in [0, 0.05) is 11.4 Å². The smallest absolute Gasteiger partial charge is 0.250 e. The van der Waals surface area contributed by atoms with E-state index in [1.165, 1.54) is 11.3 Å². The lowest BCUT2D eigenvalue weighted by Gasteiger charge is -2.11. The van der Waals surface area contributed by atoms with Crippen molar-refractivity contribution in [3.63, 3.8) is 0 Å². The lowest BCUT2D eigenvalue weighted by molar-refractivity contribution is 0.519. The summed E-state index contributed by atoms with van der Waals surface area (Å²) < 4.78 is 26.9. The summed E-state index contributed by atoms with van der Waals surface area (Å²) in [5.41, 5.74) is 0. The second kappa shape index (κ2) is 6.49. The predicted molar refractivity (Wildman–Crippen MR) is 72.0 cm³/mol. The summed E-state index contributed by atoms with van der Waals surface area (Å²) in [6.45, 7) is 5.28. The fourth-order valence-corrected chi connectivity index (χ4v) is 3.94. The Labute approximate surface area is 107 Å². The Morgan fingerprint density at radius 2 is 2.06 bits per heavy atom. The fourth-order valence-electron chi connectivity index (χ4n) is 1.44. The Hall–Kier alpha value is -0.430. The highest BCUT2D eigenvalue weighted by molar-refractivity contribution is 7.91. The van der Waals surface area contributed by atoms with Crippen LogP contribution < -0.4 is 10.0 Å².